The van der Waals surface area contributed by atoms with Crippen LogP contribution in [0.4, 0.5) is 5.69 Å². The van der Waals surface area contributed by atoms with Crippen molar-refractivity contribution in [2.24, 2.45) is 0 Å². The molecule has 4 nitrogen and oxygen atoms in total. The molecule has 0 saturated carbocycles. The Morgan fingerprint density at radius 1 is 1.14 bits per heavy atom. The second-order valence-corrected chi connectivity index (χ2v) is 6.52. The van der Waals surface area contributed by atoms with E-state index in [0.29, 0.717) is 22.5 Å². The highest BCUT2D eigenvalue weighted by Crippen LogP contribution is 2.22. The van der Waals surface area contributed by atoms with Crippen molar-refractivity contribution in [3.8, 4) is 0 Å². The number of anilines is 1. The van der Waals surface area contributed by atoms with E-state index < -0.39 is 10.8 Å². The molecule has 0 radical (unpaired) electrons. The van der Waals surface area contributed by atoms with Crippen LogP contribution in [0.2, 0.25) is 0 Å². The number of rotatable bonds is 3. The Hall–Kier alpha value is -2.14. The molecular formula is C16H16N2O2S. The van der Waals surface area contributed by atoms with Gasteiger partial charge in [0.15, 0.2) is 5.58 Å². The number of hydrogen-bond acceptors (Lipinski definition) is 4. The van der Waals surface area contributed by atoms with Crippen molar-refractivity contribution < 1.29 is 8.63 Å². The van der Waals surface area contributed by atoms with Crippen molar-refractivity contribution in [1.82, 2.24) is 4.98 Å². The Bertz CT molecular complexity index is 819. The molecule has 0 amide bonds. The summed E-state index contributed by atoms with van der Waals surface area (Å²) in [5, 5.41) is 0.245. The zero-order chi connectivity index (χ0) is 15.0. The molecule has 1 atom stereocenters. The Morgan fingerprint density at radius 2 is 1.86 bits per heavy atom. The fourth-order valence-electron chi connectivity index (χ4n) is 2.39. The summed E-state index contributed by atoms with van der Waals surface area (Å²) >= 11 is 0. The van der Waals surface area contributed by atoms with Crippen LogP contribution in [0.1, 0.15) is 16.7 Å². The van der Waals surface area contributed by atoms with Crippen molar-refractivity contribution in [2.75, 3.05) is 5.73 Å². The van der Waals surface area contributed by atoms with E-state index in [0.717, 1.165) is 16.7 Å². The second kappa shape index (κ2) is 5.33. The first-order chi connectivity index (χ1) is 10.0. The van der Waals surface area contributed by atoms with Gasteiger partial charge in [-0.05, 0) is 37.6 Å². The molecule has 0 saturated heterocycles. The van der Waals surface area contributed by atoms with E-state index in [2.05, 4.69) is 11.1 Å². The molecule has 2 aromatic carbocycles. The molecule has 3 rings (SSSR count). The third kappa shape index (κ3) is 2.97. The van der Waals surface area contributed by atoms with Crippen LogP contribution in [0.25, 0.3) is 11.1 Å². The summed E-state index contributed by atoms with van der Waals surface area (Å²) in [6.07, 6.45) is 0. The van der Waals surface area contributed by atoms with Crippen LogP contribution in [0.5, 0.6) is 0 Å². The van der Waals surface area contributed by atoms with Gasteiger partial charge in [0.1, 0.15) is 16.3 Å². The van der Waals surface area contributed by atoms with Crippen molar-refractivity contribution in [3.05, 3.63) is 53.1 Å². The zero-order valence-electron chi connectivity index (χ0n) is 11.9. The van der Waals surface area contributed by atoms with E-state index in [1.54, 1.807) is 18.2 Å². The number of benzene rings is 2. The lowest BCUT2D eigenvalue weighted by atomic mass is 10.1. The van der Waals surface area contributed by atoms with Crippen molar-refractivity contribution in [2.45, 2.75) is 24.8 Å². The van der Waals surface area contributed by atoms with E-state index >= 15 is 0 Å². The predicted molar refractivity (Wildman–Crippen MR) is 84.4 cm³/mol. The van der Waals surface area contributed by atoms with Crippen molar-refractivity contribution >= 4 is 27.6 Å². The molecule has 1 aromatic heterocycles. The lowest BCUT2D eigenvalue weighted by Crippen LogP contribution is -1.97. The van der Waals surface area contributed by atoms with Gasteiger partial charge >= 0.3 is 0 Å². The normalized spacial score (nSPS) is 12.7. The third-order valence-corrected chi connectivity index (χ3v) is 4.33. The van der Waals surface area contributed by atoms with E-state index in [-0.39, 0.29) is 5.22 Å². The highest BCUT2D eigenvalue weighted by molar-refractivity contribution is 7.84. The molecule has 3 aromatic rings. The third-order valence-electron chi connectivity index (χ3n) is 3.17. The van der Waals surface area contributed by atoms with Gasteiger partial charge in [0.2, 0.25) is 0 Å². The van der Waals surface area contributed by atoms with Gasteiger partial charge in [-0.25, -0.2) is 9.19 Å². The Balaban J connectivity index is 1.89. The maximum atomic E-state index is 12.4. The van der Waals surface area contributed by atoms with Gasteiger partial charge in [-0.15, -0.1) is 0 Å². The van der Waals surface area contributed by atoms with Crippen molar-refractivity contribution in [3.63, 3.8) is 0 Å². The maximum Gasteiger partial charge on any atom is 0.288 e. The molecule has 0 aliphatic carbocycles. The SMILES string of the molecule is Cc1cc(C)cc(CS(=O)c2nc3cc(N)ccc3o2)c1. The largest absolute Gasteiger partial charge is 0.430 e. The van der Waals surface area contributed by atoms with Crippen LogP contribution in [-0.4, -0.2) is 9.19 Å². The summed E-state index contributed by atoms with van der Waals surface area (Å²) in [5.74, 6) is 0.394. The van der Waals surface area contributed by atoms with Gasteiger partial charge < -0.3 is 10.2 Å². The summed E-state index contributed by atoms with van der Waals surface area (Å²) in [4.78, 5) is 4.27. The van der Waals surface area contributed by atoms with Gasteiger partial charge in [0, 0.05) is 5.69 Å². The van der Waals surface area contributed by atoms with Gasteiger partial charge in [-0.1, -0.05) is 29.3 Å². The van der Waals surface area contributed by atoms with E-state index in [4.69, 9.17) is 10.2 Å². The average Bonchev–Trinajstić information content (AvgIpc) is 2.80. The van der Waals surface area contributed by atoms with E-state index in [1.807, 2.05) is 26.0 Å². The first-order valence-corrected chi connectivity index (χ1v) is 7.95. The van der Waals surface area contributed by atoms with Crippen LogP contribution < -0.4 is 5.73 Å². The van der Waals surface area contributed by atoms with Gasteiger partial charge in [-0.3, -0.25) is 0 Å². The highest BCUT2D eigenvalue weighted by atomic mass is 32.2. The zero-order valence-corrected chi connectivity index (χ0v) is 12.7. The first-order valence-electron chi connectivity index (χ1n) is 6.63. The molecule has 0 bridgehead atoms. The van der Waals surface area contributed by atoms with E-state index in [1.165, 1.54) is 0 Å². The smallest absolute Gasteiger partial charge is 0.288 e. The Morgan fingerprint density at radius 3 is 2.57 bits per heavy atom. The van der Waals surface area contributed by atoms with Gasteiger partial charge in [0.25, 0.3) is 5.22 Å². The maximum absolute atomic E-state index is 12.4. The van der Waals surface area contributed by atoms with Crippen molar-refractivity contribution in [1.29, 1.82) is 0 Å². The molecule has 5 heteroatoms. The predicted octanol–water partition coefficient (Wildman–Crippen LogP) is 3.33. The monoisotopic (exact) mass is 300 g/mol. The summed E-state index contributed by atoms with van der Waals surface area (Å²) in [6.45, 7) is 4.06. The molecule has 0 aliphatic rings. The first kappa shape index (κ1) is 13.8. The standard InChI is InChI=1S/C16H16N2O2S/c1-10-5-11(2)7-12(6-10)9-21(19)16-18-14-8-13(17)3-4-15(14)20-16/h3-8H,9,17H2,1-2H3. The molecule has 0 aliphatic heterocycles. The molecule has 108 valence electrons. The Kier molecular flexibility index (Phi) is 3.51. The molecule has 0 spiro atoms. The molecule has 21 heavy (non-hydrogen) atoms. The molecule has 1 unspecified atom stereocenters. The topological polar surface area (TPSA) is 69.1 Å². The number of hydrogen-bond donors (Lipinski definition) is 1. The number of aromatic nitrogens is 1. The number of aryl methyl sites for hydroxylation is 2. The average molecular weight is 300 g/mol. The van der Waals surface area contributed by atoms with Crippen LogP contribution in [0.15, 0.2) is 46.0 Å². The number of nitrogen functional groups attached to an aromatic ring is 1. The lowest BCUT2D eigenvalue weighted by Gasteiger charge is -2.03. The molecular weight excluding hydrogens is 284 g/mol. The summed E-state index contributed by atoms with van der Waals surface area (Å²) in [7, 11) is -1.31. The summed E-state index contributed by atoms with van der Waals surface area (Å²) < 4.78 is 18.0. The number of nitrogens with two attached hydrogens (primary N) is 1. The van der Waals surface area contributed by atoms with Gasteiger partial charge in [-0.2, -0.15) is 0 Å². The fraction of sp³-hybridized carbons (Fsp3) is 0.188. The minimum atomic E-state index is -1.31. The Labute approximate surface area is 125 Å². The van der Waals surface area contributed by atoms with Gasteiger partial charge in [0.05, 0.1) is 5.75 Å². The minimum absolute atomic E-state index is 0.245. The van der Waals surface area contributed by atoms with Crippen LogP contribution in [0, 0.1) is 13.8 Å². The minimum Gasteiger partial charge on any atom is -0.430 e. The molecule has 0 fully saturated rings. The fourth-order valence-corrected chi connectivity index (χ4v) is 3.36. The second-order valence-electron chi connectivity index (χ2n) is 5.19. The summed E-state index contributed by atoms with van der Waals surface area (Å²) in [5.41, 5.74) is 10.9. The summed E-state index contributed by atoms with van der Waals surface area (Å²) in [6, 6.07) is 11.4. The van der Waals surface area contributed by atoms with Crippen LogP contribution in [0.3, 0.4) is 0 Å². The molecule has 2 N–H and O–H groups in total. The lowest BCUT2D eigenvalue weighted by molar-refractivity contribution is 0.477. The van der Waals surface area contributed by atoms with E-state index in [9.17, 15) is 4.21 Å². The quantitative estimate of drug-likeness (QED) is 0.753. The molecule has 1 heterocycles. The van der Waals surface area contributed by atoms with Crippen LogP contribution in [-0.2, 0) is 16.6 Å². The highest BCUT2D eigenvalue weighted by Gasteiger charge is 2.14. The number of oxazole rings is 1. The number of fused-ring (bicyclic) bond motifs is 1. The van der Waals surface area contributed by atoms with Crippen LogP contribution >= 0.6 is 0 Å². The number of nitrogens with zero attached hydrogens (tertiary/aromatic N) is 1.